The highest BCUT2D eigenvalue weighted by molar-refractivity contribution is 9.10. The summed E-state index contributed by atoms with van der Waals surface area (Å²) in [6, 6.07) is 0.433. The zero-order valence-corrected chi connectivity index (χ0v) is 11.0. The number of carbonyl (C=O) groups is 1. The van der Waals surface area contributed by atoms with Crippen LogP contribution in [0.25, 0.3) is 0 Å². The van der Waals surface area contributed by atoms with Gasteiger partial charge < -0.3 is 4.74 Å². The monoisotopic (exact) mass is 347 g/mol. The zero-order valence-electron chi connectivity index (χ0n) is 9.39. The number of halogens is 6. The minimum absolute atomic E-state index is 0.184. The zero-order chi connectivity index (χ0) is 14.8. The van der Waals surface area contributed by atoms with Crippen molar-refractivity contribution < 1.29 is 31.5 Å². The lowest BCUT2D eigenvalue weighted by Gasteiger charge is -2.13. The molecule has 3 nitrogen and oxygen atoms in total. The maximum Gasteiger partial charge on any atom is 0.434 e. The fraction of sp³-hybridized carbons (Fsp3) is 0.400. The number of ether oxygens (including phenoxy) is 1. The van der Waals surface area contributed by atoms with E-state index in [1.54, 1.807) is 0 Å². The lowest BCUT2D eigenvalue weighted by Crippen LogP contribution is -2.18. The highest BCUT2D eigenvalue weighted by atomic mass is 79.9. The maximum absolute atomic E-state index is 12.7. The molecular formula is C10H7BrF5NO2. The van der Waals surface area contributed by atoms with Crippen LogP contribution in [0.5, 0.6) is 0 Å². The summed E-state index contributed by atoms with van der Waals surface area (Å²) in [5.74, 6) is -1.35. The summed E-state index contributed by atoms with van der Waals surface area (Å²) in [5, 5.41) is 0. The third-order valence-electron chi connectivity index (χ3n) is 2.00. The molecule has 0 fully saturated rings. The van der Waals surface area contributed by atoms with Crippen molar-refractivity contribution in [3.05, 3.63) is 27.5 Å². The van der Waals surface area contributed by atoms with Crippen LogP contribution in [0.2, 0.25) is 0 Å². The Morgan fingerprint density at radius 2 is 2.05 bits per heavy atom. The molecule has 0 aliphatic carbocycles. The van der Waals surface area contributed by atoms with Crippen LogP contribution in [0.4, 0.5) is 22.0 Å². The molecule has 1 heterocycles. The molecule has 0 N–H and O–H groups in total. The fourth-order valence-corrected chi connectivity index (χ4v) is 1.70. The van der Waals surface area contributed by atoms with Gasteiger partial charge in [-0.25, -0.2) is 18.6 Å². The van der Waals surface area contributed by atoms with Gasteiger partial charge in [-0.2, -0.15) is 13.2 Å². The molecule has 0 aliphatic rings. The Morgan fingerprint density at radius 3 is 2.47 bits per heavy atom. The molecule has 19 heavy (non-hydrogen) atoms. The standard InChI is InChI=1S/C10H7BrF5NO2/c1-2-19-9(18)4-3-5(8(12)13)7(11)17-6(4)10(14,15)16/h3,8H,2H2,1H3. The molecule has 1 rings (SSSR count). The number of rotatable bonds is 3. The van der Waals surface area contributed by atoms with Crippen LogP contribution >= 0.6 is 15.9 Å². The molecule has 1 aromatic heterocycles. The molecule has 0 amide bonds. The predicted molar refractivity (Wildman–Crippen MR) is 57.9 cm³/mol. The Kier molecular flexibility index (Phi) is 4.83. The van der Waals surface area contributed by atoms with Crippen LogP contribution in [0.3, 0.4) is 0 Å². The van der Waals surface area contributed by atoms with E-state index in [0.29, 0.717) is 6.07 Å². The number of carbonyl (C=O) groups excluding carboxylic acids is 1. The molecule has 0 aromatic carbocycles. The molecule has 0 atom stereocenters. The SMILES string of the molecule is CCOC(=O)c1cc(C(F)F)c(Br)nc1C(F)(F)F. The number of hydrogen-bond acceptors (Lipinski definition) is 3. The van der Waals surface area contributed by atoms with E-state index in [-0.39, 0.29) is 6.61 Å². The predicted octanol–water partition coefficient (Wildman–Crippen LogP) is 3.98. The number of nitrogens with zero attached hydrogens (tertiary/aromatic N) is 1. The molecule has 0 aliphatic heterocycles. The highest BCUT2D eigenvalue weighted by Crippen LogP contribution is 2.35. The van der Waals surface area contributed by atoms with E-state index in [0.717, 1.165) is 0 Å². The van der Waals surface area contributed by atoms with E-state index in [1.807, 2.05) is 0 Å². The molecule has 0 bridgehead atoms. The molecule has 0 spiro atoms. The van der Waals surface area contributed by atoms with Crippen molar-refractivity contribution in [1.82, 2.24) is 4.98 Å². The van der Waals surface area contributed by atoms with Crippen LogP contribution in [0.1, 0.15) is 35.0 Å². The highest BCUT2D eigenvalue weighted by Gasteiger charge is 2.39. The summed E-state index contributed by atoms with van der Waals surface area (Å²) in [6.07, 6.45) is -8.03. The second kappa shape index (κ2) is 5.81. The van der Waals surface area contributed by atoms with Crippen molar-refractivity contribution in [2.45, 2.75) is 19.5 Å². The van der Waals surface area contributed by atoms with Gasteiger partial charge in [0.2, 0.25) is 0 Å². The summed E-state index contributed by atoms with van der Waals surface area (Å²) < 4.78 is 66.9. The second-order valence-electron chi connectivity index (χ2n) is 3.28. The largest absolute Gasteiger partial charge is 0.462 e. The quantitative estimate of drug-likeness (QED) is 0.471. The van der Waals surface area contributed by atoms with E-state index in [2.05, 4.69) is 25.7 Å². The smallest absolute Gasteiger partial charge is 0.434 e. The van der Waals surface area contributed by atoms with Gasteiger partial charge in [-0.05, 0) is 28.9 Å². The molecule has 0 unspecified atom stereocenters. The lowest BCUT2D eigenvalue weighted by atomic mass is 10.1. The molecule has 1 aromatic rings. The van der Waals surface area contributed by atoms with Gasteiger partial charge in [0, 0.05) is 0 Å². The van der Waals surface area contributed by atoms with Gasteiger partial charge in [-0.15, -0.1) is 0 Å². The van der Waals surface area contributed by atoms with Crippen molar-refractivity contribution in [1.29, 1.82) is 0 Å². The number of pyridine rings is 1. The van der Waals surface area contributed by atoms with Crippen molar-refractivity contribution in [3.8, 4) is 0 Å². The Hall–Kier alpha value is -1.25. The number of hydrogen-bond donors (Lipinski definition) is 0. The van der Waals surface area contributed by atoms with Crippen molar-refractivity contribution >= 4 is 21.9 Å². The minimum atomic E-state index is -4.95. The Balaban J connectivity index is 3.46. The Labute approximate surface area is 112 Å². The van der Waals surface area contributed by atoms with E-state index in [4.69, 9.17) is 0 Å². The van der Waals surface area contributed by atoms with Gasteiger partial charge in [0.05, 0.1) is 17.7 Å². The number of alkyl halides is 5. The summed E-state index contributed by atoms with van der Waals surface area (Å²) in [4.78, 5) is 14.4. The van der Waals surface area contributed by atoms with Crippen LogP contribution < -0.4 is 0 Å². The summed E-state index contributed by atoms with van der Waals surface area (Å²) in [7, 11) is 0. The number of aromatic nitrogens is 1. The summed E-state index contributed by atoms with van der Waals surface area (Å²) in [6.45, 7) is 1.20. The lowest BCUT2D eigenvalue weighted by molar-refractivity contribution is -0.141. The van der Waals surface area contributed by atoms with E-state index in [1.165, 1.54) is 6.92 Å². The average molecular weight is 348 g/mol. The number of esters is 1. The Bertz CT molecular complexity index is 490. The Morgan fingerprint density at radius 1 is 1.47 bits per heavy atom. The van der Waals surface area contributed by atoms with Crippen molar-refractivity contribution in [3.63, 3.8) is 0 Å². The van der Waals surface area contributed by atoms with Crippen molar-refractivity contribution in [2.75, 3.05) is 6.61 Å². The fourth-order valence-electron chi connectivity index (χ4n) is 1.24. The topological polar surface area (TPSA) is 39.2 Å². The first-order valence-corrected chi connectivity index (χ1v) is 5.70. The van der Waals surface area contributed by atoms with Gasteiger partial charge in [0.1, 0.15) is 4.60 Å². The van der Waals surface area contributed by atoms with Gasteiger partial charge in [-0.1, -0.05) is 0 Å². The van der Waals surface area contributed by atoms with Crippen LogP contribution in [-0.2, 0) is 10.9 Å². The van der Waals surface area contributed by atoms with E-state index in [9.17, 15) is 26.7 Å². The second-order valence-corrected chi connectivity index (χ2v) is 4.03. The third-order valence-corrected chi connectivity index (χ3v) is 2.64. The molecule has 9 heteroatoms. The molecular weight excluding hydrogens is 341 g/mol. The minimum Gasteiger partial charge on any atom is -0.462 e. The molecule has 0 radical (unpaired) electrons. The first kappa shape index (κ1) is 15.8. The van der Waals surface area contributed by atoms with Gasteiger partial charge >= 0.3 is 12.1 Å². The first-order chi connectivity index (χ1) is 8.68. The van der Waals surface area contributed by atoms with Crippen LogP contribution in [0.15, 0.2) is 10.7 Å². The van der Waals surface area contributed by atoms with Gasteiger partial charge in [0.15, 0.2) is 5.69 Å². The van der Waals surface area contributed by atoms with Gasteiger partial charge in [-0.3, -0.25) is 0 Å². The molecule has 0 saturated heterocycles. The molecule has 0 saturated carbocycles. The summed E-state index contributed by atoms with van der Waals surface area (Å²) in [5.41, 5.74) is -3.41. The van der Waals surface area contributed by atoms with Crippen molar-refractivity contribution in [2.24, 2.45) is 0 Å². The van der Waals surface area contributed by atoms with Gasteiger partial charge in [0.25, 0.3) is 6.43 Å². The molecule has 106 valence electrons. The first-order valence-electron chi connectivity index (χ1n) is 4.91. The van der Waals surface area contributed by atoms with E-state index >= 15 is 0 Å². The third kappa shape index (κ3) is 3.62. The van der Waals surface area contributed by atoms with E-state index < -0.39 is 40.0 Å². The average Bonchev–Trinajstić information content (AvgIpc) is 2.27. The normalized spacial score (nSPS) is 11.8. The maximum atomic E-state index is 12.7. The van der Waals surface area contributed by atoms with Crippen LogP contribution in [0, 0.1) is 0 Å². The summed E-state index contributed by atoms with van der Waals surface area (Å²) >= 11 is 2.52. The van der Waals surface area contributed by atoms with Crippen LogP contribution in [-0.4, -0.2) is 17.6 Å².